The zero-order valence-electron chi connectivity index (χ0n) is 20.6. The van der Waals surface area contributed by atoms with Gasteiger partial charge < -0.3 is 0 Å². The Bertz CT molecular complexity index is 403. The molecule has 26 heavy (non-hydrogen) atoms. The van der Waals surface area contributed by atoms with Crippen LogP contribution in [0.25, 0.3) is 0 Å². The summed E-state index contributed by atoms with van der Waals surface area (Å²) in [4.78, 5) is 0. The monoisotopic (exact) mass is 364 g/mol. The van der Waals surface area contributed by atoms with E-state index in [2.05, 4.69) is 83.1 Å². The van der Waals surface area contributed by atoms with Crippen LogP contribution in [0.5, 0.6) is 0 Å². The van der Waals surface area contributed by atoms with Gasteiger partial charge in [0.25, 0.3) is 0 Å². The van der Waals surface area contributed by atoms with E-state index < -0.39 is 0 Å². The van der Waals surface area contributed by atoms with Gasteiger partial charge >= 0.3 is 0 Å². The highest BCUT2D eigenvalue weighted by atomic mass is 14.5. The molecule has 2 atom stereocenters. The van der Waals surface area contributed by atoms with E-state index >= 15 is 0 Å². The molecule has 0 N–H and O–H groups in total. The Morgan fingerprint density at radius 2 is 1.00 bits per heavy atom. The van der Waals surface area contributed by atoms with Crippen LogP contribution in [0.15, 0.2) is 0 Å². The van der Waals surface area contributed by atoms with Gasteiger partial charge in [0.1, 0.15) is 0 Å². The maximum atomic E-state index is 2.45. The molecule has 0 radical (unpaired) electrons. The van der Waals surface area contributed by atoms with Gasteiger partial charge in [0.2, 0.25) is 0 Å². The fraction of sp³-hybridized carbons (Fsp3) is 1.00. The minimum absolute atomic E-state index is 0.473. The first-order chi connectivity index (χ1) is 11.4. The van der Waals surface area contributed by atoms with Crippen molar-refractivity contribution in [1.82, 2.24) is 0 Å². The quantitative estimate of drug-likeness (QED) is 0.435. The third kappa shape index (κ3) is 6.87. The van der Waals surface area contributed by atoms with Crippen molar-refractivity contribution in [3.63, 3.8) is 0 Å². The van der Waals surface area contributed by atoms with Crippen LogP contribution in [0, 0.1) is 38.9 Å². The van der Waals surface area contributed by atoms with Crippen LogP contribution in [0.2, 0.25) is 0 Å². The van der Waals surface area contributed by atoms with Crippen molar-refractivity contribution < 1.29 is 0 Å². The summed E-state index contributed by atoms with van der Waals surface area (Å²) < 4.78 is 0. The highest BCUT2D eigenvalue weighted by Crippen LogP contribution is 2.58. The molecule has 0 bridgehead atoms. The first-order valence-corrected chi connectivity index (χ1v) is 11.4. The Morgan fingerprint density at radius 3 is 1.23 bits per heavy atom. The number of hydrogen-bond donors (Lipinski definition) is 0. The fourth-order valence-corrected chi connectivity index (χ4v) is 5.54. The Kier molecular flexibility index (Phi) is 7.20. The standard InChI is InChI=1S/C15H30.C11H22/c1-13(2,3)12-15(14(4,5)6)10-8-7-9-11-15;1-10(2,3)8-7-9(8)11(4,5)6/h7-12H2,1-6H3;8-9H,7H2,1-6H3. The van der Waals surface area contributed by atoms with Crippen molar-refractivity contribution in [3.8, 4) is 0 Å². The molecule has 2 rings (SSSR count). The first kappa shape index (κ1) is 24.0. The van der Waals surface area contributed by atoms with E-state index in [9.17, 15) is 0 Å². The first-order valence-electron chi connectivity index (χ1n) is 11.4. The van der Waals surface area contributed by atoms with E-state index in [1.807, 2.05) is 0 Å². The zero-order chi connectivity index (χ0) is 20.6. The molecule has 156 valence electrons. The Balaban J connectivity index is 0.000000273. The van der Waals surface area contributed by atoms with Gasteiger partial charge in [0.15, 0.2) is 0 Å². The molecule has 0 spiro atoms. The van der Waals surface area contributed by atoms with Crippen LogP contribution in [0.3, 0.4) is 0 Å². The predicted molar refractivity (Wildman–Crippen MR) is 120 cm³/mol. The topological polar surface area (TPSA) is 0 Å². The molecule has 2 aliphatic rings. The molecule has 2 saturated carbocycles. The molecule has 0 aromatic carbocycles. The lowest BCUT2D eigenvalue weighted by Gasteiger charge is -2.51. The van der Waals surface area contributed by atoms with E-state index in [-0.39, 0.29) is 0 Å². The summed E-state index contributed by atoms with van der Waals surface area (Å²) in [5.41, 5.74) is 2.63. The summed E-state index contributed by atoms with van der Waals surface area (Å²) in [5.74, 6) is 1.95. The number of hydrogen-bond acceptors (Lipinski definition) is 0. The Hall–Kier alpha value is 0. The third-order valence-corrected chi connectivity index (χ3v) is 7.29. The minimum atomic E-state index is 0.473. The molecule has 0 aromatic heterocycles. The molecule has 0 aromatic rings. The SMILES string of the molecule is CC(C)(C)C1CC1C(C)(C)C.CC(C)(C)CC1(C(C)(C)C)CCCCC1. The molecular weight excluding hydrogens is 312 g/mol. The van der Waals surface area contributed by atoms with Gasteiger partial charge in [-0.05, 0) is 64.6 Å². The molecule has 0 amide bonds. The van der Waals surface area contributed by atoms with Crippen molar-refractivity contribution in [2.24, 2.45) is 38.9 Å². The minimum Gasteiger partial charge on any atom is -0.0602 e. The summed E-state index contributed by atoms with van der Waals surface area (Å²) in [6, 6.07) is 0. The molecule has 2 aliphatic carbocycles. The van der Waals surface area contributed by atoms with Crippen molar-refractivity contribution in [1.29, 1.82) is 0 Å². The molecule has 2 fully saturated rings. The zero-order valence-corrected chi connectivity index (χ0v) is 20.6. The van der Waals surface area contributed by atoms with Crippen LogP contribution >= 0.6 is 0 Å². The van der Waals surface area contributed by atoms with Crippen molar-refractivity contribution in [2.45, 2.75) is 128 Å². The van der Waals surface area contributed by atoms with E-state index in [0.717, 1.165) is 11.8 Å². The maximum Gasteiger partial charge on any atom is -0.0244 e. The van der Waals surface area contributed by atoms with Gasteiger partial charge in [-0.1, -0.05) is 102 Å². The average molecular weight is 365 g/mol. The molecule has 0 saturated heterocycles. The van der Waals surface area contributed by atoms with Crippen molar-refractivity contribution in [3.05, 3.63) is 0 Å². The highest BCUT2D eigenvalue weighted by molar-refractivity contribution is 4.99. The van der Waals surface area contributed by atoms with Crippen LogP contribution in [-0.4, -0.2) is 0 Å². The van der Waals surface area contributed by atoms with E-state index in [1.165, 1.54) is 44.9 Å². The molecule has 2 unspecified atom stereocenters. The fourth-order valence-electron chi connectivity index (χ4n) is 5.54. The second-order valence-electron chi connectivity index (χ2n) is 14.0. The van der Waals surface area contributed by atoms with Crippen molar-refractivity contribution in [2.75, 3.05) is 0 Å². The van der Waals surface area contributed by atoms with E-state index in [0.29, 0.717) is 27.1 Å². The van der Waals surface area contributed by atoms with Crippen molar-refractivity contribution >= 4 is 0 Å². The van der Waals surface area contributed by atoms with E-state index in [4.69, 9.17) is 0 Å². The lowest BCUT2D eigenvalue weighted by atomic mass is 9.54. The summed E-state index contributed by atoms with van der Waals surface area (Å²) >= 11 is 0. The normalized spacial score (nSPS) is 26.8. The van der Waals surface area contributed by atoms with Crippen LogP contribution in [0.1, 0.15) is 128 Å². The van der Waals surface area contributed by atoms with Gasteiger partial charge in [-0.15, -0.1) is 0 Å². The second-order valence-corrected chi connectivity index (χ2v) is 14.0. The average Bonchev–Trinajstić information content (AvgIpc) is 3.16. The van der Waals surface area contributed by atoms with Crippen LogP contribution in [-0.2, 0) is 0 Å². The summed E-state index contributed by atoms with van der Waals surface area (Å²) in [6.07, 6.45) is 10.1. The van der Waals surface area contributed by atoms with Gasteiger partial charge in [-0.2, -0.15) is 0 Å². The highest BCUT2D eigenvalue weighted by Gasteiger charge is 2.50. The van der Waals surface area contributed by atoms with E-state index in [1.54, 1.807) is 0 Å². The molecule has 0 heterocycles. The lowest BCUT2D eigenvalue weighted by Crippen LogP contribution is -2.40. The molecule has 0 nitrogen and oxygen atoms in total. The lowest BCUT2D eigenvalue weighted by molar-refractivity contribution is -0.00188. The second kappa shape index (κ2) is 7.79. The molecule has 0 heteroatoms. The molecular formula is C26H52. The maximum absolute atomic E-state index is 2.45. The largest absolute Gasteiger partial charge is 0.0602 e. The number of rotatable bonds is 1. The van der Waals surface area contributed by atoms with Gasteiger partial charge in [-0.3, -0.25) is 0 Å². The van der Waals surface area contributed by atoms with Gasteiger partial charge in [0, 0.05) is 0 Å². The Morgan fingerprint density at radius 1 is 0.615 bits per heavy atom. The van der Waals surface area contributed by atoms with Crippen LogP contribution < -0.4 is 0 Å². The summed E-state index contributed by atoms with van der Waals surface area (Å²) in [6.45, 7) is 28.7. The smallest absolute Gasteiger partial charge is 0.0244 e. The van der Waals surface area contributed by atoms with Gasteiger partial charge in [0.05, 0.1) is 0 Å². The summed E-state index contributed by atoms with van der Waals surface area (Å²) in [5, 5.41) is 0. The van der Waals surface area contributed by atoms with Gasteiger partial charge in [-0.25, -0.2) is 0 Å². The Labute approximate surface area is 167 Å². The predicted octanol–water partition coefficient (Wildman–Crippen LogP) is 9.13. The third-order valence-electron chi connectivity index (χ3n) is 7.29. The molecule has 0 aliphatic heterocycles. The summed E-state index contributed by atoms with van der Waals surface area (Å²) in [7, 11) is 0. The van der Waals surface area contributed by atoms with Crippen LogP contribution in [0.4, 0.5) is 0 Å².